The van der Waals surface area contributed by atoms with E-state index in [1.54, 1.807) is 18.5 Å². The van der Waals surface area contributed by atoms with Crippen LogP contribution in [0.25, 0.3) is 6.08 Å². The highest BCUT2D eigenvalue weighted by molar-refractivity contribution is 5.92. The number of aromatic nitrogens is 1. The number of ether oxygens (including phenoxy) is 1. The summed E-state index contributed by atoms with van der Waals surface area (Å²) in [4.78, 5) is 18.5. The average Bonchev–Trinajstić information content (AvgIpc) is 3.08. The van der Waals surface area contributed by atoms with E-state index in [-0.39, 0.29) is 11.9 Å². The number of benzene rings is 1. The van der Waals surface area contributed by atoms with Crippen molar-refractivity contribution in [2.24, 2.45) is 0 Å². The number of hydrogen-bond donors (Lipinski definition) is 0. The van der Waals surface area contributed by atoms with Gasteiger partial charge in [-0.2, -0.15) is 0 Å². The van der Waals surface area contributed by atoms with Crippen molar-refractivity contribution in [3.05, 3.63) is 66.0 Å². The van der Waals surface area contributed by atoms with Gasteiger partial charge in [-0.05, 0) is 55.2 Å². The summed E-state index contributed by atoms with van der Waals surface area (Å²) in [7, 11) is 0. The number of amides is 1. The zero-order valence-corrected chi connectivity index (χ0v) is 13.9. The molecule has 4 heteroatoms. The molecule has 0 N–H and O–H groups in total. The summed E-state index contributed by atoms with van der Waals surface area (Å²) in [5.74, 6) is 0.894. The van der Waals surface area contributed by atoms with E-state index >= 15 is 0 Å². The molecule has 1 atom stereocenters. The minimum absolute atomic E-state index is 0.0466. The molecule has 1 amide bonds. The Morgan fingerprint density at radius 3 is 2.96 bits per heavy atom. The van der Waals surface area contributed by atoms with Gasteiger partial charge in [0.15, 0.2) is 0 Å². The summed E-state index contributed by atoms with van der Waals surface area (Å²) < 4.78 is 5.83. The first-order valence-electron chi connectivity index (χ1n) is 8.31. The van der Waals surface area contributed by atoms with Crippen molar-refractivity contribution in [1.29, 1.82) is 0 Å². The zero-order valence-electron chi connectivity index (χ0n) is 13.9. The fourth-order valence-electron chi connectivity index (χ4n) is 2.94. The molecule has 0 radical (unpaired) electrons. The van der Waals surface area contributed by atoms with Crippen LogP contribution in [0.3, 0.4) is 0 Å². The monoisotopic (exact) mass is 322 g/mol. The first kappa shape index (κ1) is 16.2. The molecule has 4 nitrogen and oxygen atoms in total. The molecule has 124 valence electrons. The number of rotatable bonds is 5. The molecule has 1 fully saturated rings. The largest absolute Gasteiger partial charge is 0.491 e. The second-order valence-corrected chi connectivity index (χ2v) is 6.02. The van der Waals surface area contributed by atoms with Gasteiger partial charge in [0.05, 0.1) is 6.04 Å². The van der Waals surface area contributed by atoms with Gasteiger partial charge in [0.25, 0.3) is 0 Å². The maximum absolute atomic E-state index is 12.5. The lowest BCUT2D eigenvalue weighted by atomic mass is 10.1. The number of carbonyl (C=O) groups excluding carboxylic acids is 1. The summed E-state index contributed by atoms with van der Waals surface area (Å²) in [5, 5.41) is 0. The van der Waals surface area contributed by atoms with E-state index in [9.17, 15) is 4.79 Å². The molecule has 1 aromatic carbocycles. The summed E-state index contributed by atoms with van der Waals surface area (Å²) in [6.07, 6.45) is 9.08. The molecular weight excluding hydrogens is 300 g/mol. The standard InChI is InChI=1S/C20H22N2O2/c1-16-14-21-12-11-17(16)9-10-20(23)22-13-5-6-18(22)15-24-19-7-3-2-4-8-19/h2-4,7-12,14,18H,5-6,13,15H2,1H3/b10-9+/t18-/m0/s1. The lowest BCUT2D eigenvalue weighted by molar-refractivity contribution is -0.127. The summed E-state index contributed by atoms with van der Waals surface area (Å²) in [6, 6.07) is 11.8. The molecule has 2 aromatic rings. The van der Waals surface area contributed by atoms with E-state index < -0.39 is 0 Å². The molecule has 24 heavy (non-hydrogen) atoms. The van der Waals surface area contributed by atoms with E-state index in [1.807, 2.05) is 54.3 Å². The van der Waals surface area contributed by atoms with Gasteiger partial charge in [-0.15, -0.1) is 0 Å². The van der Waals surface area contributed by atoms with Crippen molar-refractivity contribution in [3.8, 4) is 5.75 Å². The molecule has 1 aromatic heterocycles. The van der Waals surface area contributed by atoms with Gasteiger partial charge in [0, 0.05) is 25.0 Å². The van der Waals surface area contributed by atoms with Crippen LogP contribution in [0.2, 0.25) is 0 Å². The molecule has 3 rings (SSSR count). The lowest BCUT2D eigenvalue weighted by Gasteiger charge is -2.23. The van der Waals surface area contributed by atoms with E-state index in [0.717, 1.165) is 36.3 Å². The Balaban J connectivity index is 1.60. The second kappa shape index (κ2) is 7.77. The van der Waals surface area contributed by atoms with E-state index in [2.05, 4.69) is 4.98 Å². The molecule has 0 saturated carbocycles. The quantitative estimate of drug-likeness (QED) is 0.792. The third-order valence-electron chi connectivity index (χ3n) is 4.31. The second-order valence-electron chi connectivity index (χ2n) is 6.02. The molecule has 1 aliphatic heterocycles. The van der Waals surface area contributed by atoms with Crippen molar-refractivity contribution in [2.75, 3.05) is 13.2 Å². The predicted molar refractivity (Wildman–Crippen MR) is 94.7 cm³/mol. The van der Waals surface area contributed by atoms with Crippen LogP contribution in [0.5, 0.6) is 5.75 Å². The van der Waals surface area contributed by atoms with Gasteiger partial charge in [0.2, 0.25) is 5.91 Å². The lowest BCUT2D eigenvalue weighted by Crippen LogP contribution is -2.38. The Labute approximate surface area is 142 Å². The number of para-hydroxylation sites is 1. The SMILES string of the molecule is Cc1cnccc1/C=C/C(=O)N1CCC[C@H]1COc1ccccc1. The van der Waals surface area contributed by atoms with E-state index in [4.69, 9.17) is 4.74 Å². The van der Waals surface area contributed by atoms with Crippen LogP contribution in [-0.2, 0) is 4.79 Å². The normalized spacial score (nSPS) is 17.4. The fourth-order valence-corrected chi connectivity index (χ4v) is 2.94. The first-order valence-corrected chi connectivity index (χ1v) is 8.31. The third-order valence-corrected chi connectivity index (χ3v) is 4.31. The highest BCUT2D eigenvalue weighted by Gasteiger charge is 2.27. The Hall–Kier alpha value is -2.62. The van der Waals surface area contributed by atoms with Gasteiger partial charge in [-0.25, -0.2) is 0 Å². The molecule has 1 aliphatic rings. The van der Waals surface area contributed by atoms with Gasteiger partial charge in [-0.3, -0.25) is 9.78 Å². The number of carbonyl (C=O) groups is 1. The van der Waals surface area contributed by atoms with Crippen LogP contribution in [0, 0.1) is 6.92 Å². The van der Waals surface area contributed by atoms with Gasteiger partial charge < -0.3 is 9.64 Å². The first-order chi connectivity index (χ1) is 11.7. The van der Waals surface area contributed by atoms with Crippen molar-refractivity contribution < 1.29 is 9.53 Å². The summed E-state index contributed by atoms with van der Waals surface area (Å²) >= 11 is 0. The van der Waals surface area contributed by atoms with E-state index in [0.29, 0.717) is 6.61 Å². The van der Waals surface area contributed by atoms with Crippen LogP contribution < -0.4 is 4.74 Å². The molecule has 0 bridgehead atoms. The van der Waals surface area contributed by atoms with Crippen molar-refractivity contribution >= 4 is 12.0 Å². The average molecular weight is 322 g/mol. The maximum Gasteiger partial charge on any atom is 0.246 e. The van der Waals surface area contributed by atoms with E-state index in [1.165, 1.54) is 0 Å². The molecule has 1 saturated heterocycles. The van der Waals surface area contributed by atoms with Crippen LogP contribution in [0.4, 0.5) is 0 Å². The predicted octanol–water partition coefficient (Wildman–Crippen LogP) is 3.47. The Bertz CT molecular complexity index is 713. The van der Waals surface area contributed by atoms with Crippen molar-refractivity contribution in [2.45, 2.75) is 25.8 Å². The maximum atomic E-state index is 12.5. The number of nitrogens with zero attached hydrogens (tertiary/aromatic N) is 2. The smallest absolute Gasteiger partial charge is 0.246 e. The van der Waals surface area contributed by atoms with Crippen molar-refractivity contribution in [1.82, 2.24) is 9.88 Å². The topological polar surface area (TPSA) is 42.4 Å². The summed E-state index contributed by atoms with van der Waals surface area (Å²) in [5.41, 5.74) is 2.08. The number of pyridine rings is 1. The number of likely N-dealkylation sites (tertiary alicyclic amines) is 1. The van der Waals surface area contributed by atoms with Crippen LogP contribution in [-0.4, -0.2) is 35.0 Å². The summed E-state index contributed by atoms with van der Waals surface area (Å²) in [6.45, 7) is 3.32. The fraction of sp³-hybridized carbons (Fsp3) is 0.300. The van der Waals surface area contributed by atoms with Crippen LogP contribution >= 0.6 is 0 Å². The van der Waals surface area contributed by atoms with Crippen LogP contribution in [0.15, 0.2) is 54.9 Å². The van der Waals surface area contributed by atoms with Gasteiger partial charge in [-0.1, -0.05) is 18.2 Å². The molecule has 0 spiro atoms. The molecule has 0 aliphatic carbocycles. The zero-order chi connectivity index (χ0) is 16.8. The Morgan fingerprint density at radius 2 is 2.17 bits per heavy atom. The third kappa shape index (κ3) is 4.02. The molecular formula is C20H22N2O2. The number of hydrogen-bond acceptors (Lipinski definition) is 3. The van der Waals surface area contributed by atoms with Gasteiger partial charge >= 0.3 is 0 Å². The minimum atomic E-state index is 0.0466. The number of aryl methyl sites for hydroxylation is 1. The Kier molecular flexibility index (Phi) is 5.26. The highest BCUT2D eigenvalue weighted by Crippen LogP contribution is 2.20. The molecule has 2 heterocycles. The van der Waals surface area contributed by atoms with Crippen LogP contribution in [0.1, 0.15) is 24.0 Å². The molecule has 0 unspecified atom stereocenters. The van der Waals surface area contributed by atoms with Gasteiger partial charge in [0.1, 0.15) is 12.4 Å². The minimum Gasteiger partial charge on any atom is -0.491 e. The highest BCUT2D eigenvalue weighted by atomic mass is 16.5. The van der Waals surface area contributed by atoms with Crippen molar-refractivity contribution in [3.63, 3.8) is 0 Å². The Morgan fingerprint density at radius 1 is 1.33 bits per heavy atom.